The lowest BCUT2D eigenvalue weighted by molar-refractivity contribution is 0.0830. The Kier molecular flexibility index (Phi) is 5.42. The van der Waals surface area contributed by atoms with E-state index in [4.69, 9.17) is 0 Å². The molecule has 0 N–H and O–H groups in total. The van der Waals surface area contributed by atoms with Gasteiger partial charge in [-0.2, -0.15) is 0 Å². The van der Waals surface area contributed by atoms with Gasteiger partial charge in [-0.25, -0.2) is 4.98 Å². The number of piperidine rings is 1. The van der Waals surface area contributed by atoms with Gasteiger partial charge < -0.3 is 4.90 Å². The molecule has 0 radical (unpaired) electrons. The second-order valence-corrected chi connectivity index (χ2v) is 8.72. The number of carbonyl (C=O) groups is 1. The zero-order valence-corrected chi connectivity index (χ0v) is 17.5. The third-order valence-corrected chi connectivity index (χ3v) is 6.71. The Morgan fingerprint density at radius 1 is 1.18 bits per heavy atom. The summed E-state index contributed by atoms with van der Waals surface area (Å²) in [7, 11) is 3.64. The van der Waals surface area contributed by atoms with Gasteiger partial charge in [0.05, 0.1) is 10.6 Å². The maximum atomic E-state index is 12.8. The van der Waals surface area contributed by atoms with Crippen LogP contribution in [0.3, 0.4) is 0 Å². The lowest BCUT2D eigenvalue weighted by Crippen LogP contribution is -2.33. The molecule has 0 aliphatic carbocycles. The minimum Gasteiger partial charge on any atom is -0.344 e. The molecule has 0 spiro atoms. The highest BCUT2D eigenvalue weighted by molar-refractivity contribution is 7.20. The van der Waals surface area contributed by atoms with Crippen LogP contribution in [0.5, 0.6) is 0 Å². The number of hydrogen-bond acceptors (Lipinski definition) is 5. The number of hydrogen-bond donors (Lipinski definition) is 0. The van der Waals surface area contributed by atoms with Crippen molar-refractivity contribution in [3.05, 3.63) is 58.4 Å². The molecule has 1 aliphatic heterocycles. The Hall–Kier alpha value is -2.31. The average Bonchev–Trinajstić information content (AvgIpc) is 3.09. The summed E-state index contributed by atoms with van der Waals surface area (Å²) in [5, 5.41) is 1.15. The molecular weight excluding hydrogens is 368 g/mol. The Morgan fingerprint density at radius 3 is 2.61 bits per heavy atom. The molecule has 4 heterocycles. The maximum Gasteiger partial charge on any atom is 0.263 e. The largest absolute Gasteiger partial charge is 0.344 e. The predicted octanol–water partition coefficient (Wildman–Crippen LogP) is 4.08. The Labute approximate surface area is 170 Å². The van der Waals surface area contributed by atoms with Crippen LogP contribution in [0, 0.1) is 6.92 Å². The van der Waals surface area contributed by atoms with Crippen molar-refractivity contribution in [2.75, 3.05) is 27.2 Å². The van der Waals surface area contributed by atoms with Crippen molar-refractivity contribution in [1.82, 2.24) is 19.8 Å². The van der Waals surface area contributed by atoms with Gasteiger partial charge in [0, 0.05) is 38.4 Å². The quantitative estimate of drug-likeness (QED) is 0.669. The minimum atomic E-state index is 0.0875. The average molecular weight is 395 g/mol. The molecule has 0 bridgehead atoms. The van der Waals surface area contributed by atoms with Crippen molar-refractivity contribution in [3.8, 4) is 0 Å². The zero-order chi connectivity index (χ0) is 19.7. The van der Waals surface area contributed by atoms with E-state index < -0.39 is 0 Å². The van der Waals surface area contributed by atoms with Crippen molar-refractivity contribution in [1.29, 1.82) is 0 Å². The van der Waals surface area contributed by atoms with Crippen LogP contribution in [0.25, 0.3) is 10.2 Å². The van der Waals surface area contributed by atoms with E-state index in [-0.39, 0.29) is 5.91 Å². The SMILES string of the molecule is Cc1cccnc1CN1CCC(c2c(C(=O)N(C)C)sc3ncccc23)CC1. The van der Waals surface area contributed by atoms with Crippen LogP contribution in [-0.2, 0) is 6.54 Å². The van der Waals surface area contributed by atoms with E-state index in [9.17, 15) is 4.79 Å². The van der Waals surface area contributed by atoms with E-state index in [1.807, 2.05) is 38.6 Å². The normalized spacial score (nSPS) is 15.8. The van der Waals surface area contributed by atoms with Crippen LogP contribution < -0.4 is 0 Å². The Bertz CT molecular complexity index is 989. The van der Waals surface area contributed by atoms with Crippen LogP contribution in [0.2, 0.25) is 0 Å². The first-order chi connectivity index (χ1) is 13.5. The van der Waals surface area contributed by atoms with Gasteiger partial charge in [-0.15, -0.1) is 11.3 Å². The number of rotatable bonds is 4. The van der Waals surface area contributed by atoms with Gasteiger partial charge in [0.25, 0.3) is 5.91 Å². The van der Waals surface area contributed by atoms with Crippen LogP contribution in [0.4, 0.5) is 0 Å². The fourth-order valence-corrected chi connectivity index (χ4v) is 5.25. The number of likely N-dealkylation sites (tertiary alicyclic amines) is 1. The van der Waals surface area contributed by atoms with E-state index >= 15 is 0 Å². The number of thiophene rings is 1. The molecule has 1 amide bonds. The van der Waals surface area contributed by atoms with E-state index in [2.05, 4.69) is 33.9 Å². The first kappa shape index (κ1) is 19.0. The highest BCUT2D eigenvalue weighted by atomic mass is 32.1. The fraction of sp³-hybridized carbons (Fsp3) is 0.409. The molecule has 146 valence electrons. The van der Waals surface area contributed by atoms with Gasteiger partial charge in [0.1, 0.15) is 4.83 Å². The topological polar surface area (TPSA) is 49.3 Å². The Balaban J connectivity index is 1.56. The van der Waals surface area contributed by atoms with E-state index in [0.717, 1.165) is 53.3 Å². The van der Waals surface area contributed by atoms with Crippen molar-refractivity contribution in [2.45, 2.75) is 32.2 Å². The summed E-state index contributed by atoms with van der Waals surface area (Å²) in [5.41, 5.74) is 3.62. The van der Waals surface area contributed by atoms with Crippen LogP contribution >= 0.6 is 11.3 Å². The molecule has 1 aliphatic rings. The molecule has 0 unspecified atom stereocenters. The summed E-state index contributed by atoms with van der Waals surface area (Å²) >= 11 is 1.53. The molecule has 4 rings (SSSR count). The summed E-state index contributed by atoms with van der Waals surface area (Å²) in [6.45, 7) is 5.06. The maximum absolute atomic E-state index is 12.8. The Morgan fingerprint density at radius 2 is 1.89 bits per heavy atom. The van der Waals surface area contributed by atoms with E-state index in [1.165, 1.54) is 22.5 Å². The second kappa shape index (κ2) is 7.97. The smallest absolute Gasteiger partial charge is 0.263 e. The number of aromatic nitrogens is 2. The molecule has 0 saturated carbocycles. The molecule has 1 saturated heterocycles. The molecule has 0 atom stereocenters. The van der Waals surface area contributed by atoms with Crippen molar-refractivity contribution < 1.29 is 4.79 Å². The monoisotopic (exact) mass is 394 g/mol. The molecule has 6 heteroatoms. The molecule has 0 aromatic carbocycles. The van der Waals surface area contributed by atoms with Crippen molar-refractivity contribution in [2.24, 2.45) is 0 Å². The van der Waals surface area contributed by atoms with Crippen LogP contribution in [-0.4, -0.2) is 52.9 Å². The van der Waals surface area contributed by atoms with Gasteiger partial charge in [0.15, 0.2) is 0 Å². The van der Waals surface area contributed by atoms with Crippen molar-refractivity contribution in [3.63, 3.8) is 0 Å². The molecule has 28 heavy (non-hydrogen) atoms. The van der Waals surface area contributed by atoms with Gasteiger partial charge in [0.2, 0.25) is 0 Å². The van der Waals surface area contributed by atoms with Gasteiger partial charge in [-0.3, -0.25) is 14.7 Å². The molecule has 3 aromatic rings. The predicted molar refractivity (Wildman–Crippen MR) is 114 cm³/mol. The minimum absolute atomic E-state index is 0.0875. The lowest BCUT2D eigenvalue weighted by atomic mass is 9.87. The number of carbonyl (C=O) groups excluding carboxylic acids is 1. The third-order valence-electron chi connectivity index (χ3n) is 5.59. The van der Waals surface area contributed by atoms with Crippen molar-refractivity contribution >= 4 is 27.5 Å². The number of aryl methyl sites for hydroxylation is 1. The fourth-order valence-electron chi connectivity index (χ4n) is 3.99. The summed E-state index contributed by atoms with van der Waals surface area (Å²) in [6, 6.07) is 8.20. The first-order valence-electron chi connectivity index (χ1n) is 9.76. The first-order valence-corrected chi connectivity index (χ1v) is 10.6. The zero-order valence-electron chi connectivity index (χ0n) is 16.7. The highest BCUT2D eigenvalue weighted by Crippen LogP contribution is 2.40. The number of pyridine rings is 2. The summed E-state index contributed by atoms with van der Waals surface area (Å²) in [6.07, 6.45) is 5.80. The molecule has 1 fully saturated rings. The van der Waals surface area contributed by atoms with Gasteiger partial charge in [-0.1, -0.05) is 12.1 Å². The number of amides is 1. The van der Waals surface area contributed by atoms with E-state index in [1.54, 1.807) is 4.90 Å². The van der Waals surface area contributed by atoms with Crippen LogP contribution in [0.1, 0.15) is 45.3 Å². The standard InChI is InChI=1S/C22H26N4OS/c1-15-6-4-10-23-18(15)14-26-12-8-16(9-13-26)19-17-7-5-11-24-21(17)28-20(19)22(27)25(2)3/h4-7,10-11,16H,8-9,12-14H2,1-3H3. The molecule has 3 aromatic heterocycles. The van der Waals surface area contributed by atoms with E-state index in [0.29, 0.717) is 5.92 Å². The summed E-state index contributed by atoms with van der Waals surface area (Å²) in [5.74, 6) is 0.488. The second-order valence-electron chi connectivity index (χ2n) is 7.72. The van der Waals surface area contributed by atoms with Gasteiger partial charge >= 0.3 is 0 Å². The number of fused-ring (bicyclic) bond motifs is 1. The number of nitrogens with zero attached hydrogens (tertiary/aromatic N) is 4. The van der Waals surface area contributed by atoms with Gasteiger partial charge in [-0.05, 0) is 62.0 Å². The lowest BCUT2D eigenvalue weighted by Gasteiger charge is -2.32. The highest BCUT2D eigenvalue weighted by Gasteiger charge is 2.29. The molecular formula is C22H26N4OS. The third kappa shape index (κ3) is 3.66. The summed E-state index contributed by atoms with van der Waals surface area (Å²) < 4.78 is 0. The van der Waals surface area contributed by atoms with Crippen LogP contribution in [0.15, 0.2) is 36.7 Å². The summed E-state index contributed by atoms with van der Waals surface area (Å²) in [4.78, 5) is 27.8. The molecule has 5 nitrogen and oxygen atoms in total.